The SMILES string of the molecule is COc1ccccc1NC(=O)CNc1cc(Cl)cc(Cl)c1. The maximum Gasteiger partial charge on any atom is 0.243 e. The van der Waals surface area contributed by atoms with Gasteiger partial charge in [-0.1, -0.05) is 35.3 Å². The van der Waals surface area contributed by atoms with Gasteiger partial charge in [0.1, 0.15) is 5.75 Å². The fourth-order valence-electron chi connectivity index (χ4n) is 1.78. The van der Waals surface area contributed by atoms with Crippen LogP contribution in [0.1, 0.15) is 0 Å². The van der Waals surface area contributed by atoms with E-state index in [1.807, 2.05) is 12.1 Å². The largest absolute Gasteiger partial charge is 0.495 e. The molecule has 0 fully saturated rings. The molecule has 21 heavy (non-hydrogen) atoms. The fourth-order valence-corrected chi connectivity index (χ4v) is 2.31. The number of carbonyl (C=O) groups is 1. The van der Waals surface area contributed by atoms with Crippen LogP contribution in [-0.2, 0) is 4.79 Å². The predicted octanol–water partition coefficient (Wildman–Crippen LogP) is 4.05. The first-order valence-electron chi connectivity index (χ1n) is 6.21. The first kappa shape index (κ1) is 15.5. The summed E-state index contributed by atoms with van der Waals surface area (Å²) in [5.41, 5.74) is 1.30. The standard InChI is InChI=1S/C15H14Cl2N2O2/c1-21-14-5-3-2-4-13(14)19-15(20)9-18-12-7-10(16)6-11(17)8-12/h2-8,18H,9H2,1H3,(H,19,20). The molecule has 4 nitrogen and oxygen atoms in total. The molecule has 0 radical (unpaired) electrons. The number of benzene rings is 2. The Morgan fingerprint density at radius 3 is 2.48 bits per heavy atom. The van der Waals surface area contributed by atoms with Gasteiger partial charge in [0.15, 0.2) is 0 Å². The van der Waals surface area contributed by atoms with E-state index in [1.165, 1.54) is 0 Å². The Labute approximate surface area is 133 Å². The lowest BCUT2D eigenvalue weighted by atomic mass is 10.3. The molecule has 2 aromatic rings. The van der Waals surface area contributed by atoms with Gasteiger partial charge in [-0.3, -0.25) is 4.79 Å². The van der Waals surface area contributed by atoms with Crippen LogP contribution in [0.25, 0.3) is 0 Å². The fraction of sp³-hybridized carbons (Fsp3) is 0.133. The second-order valence-corrected chi connectivity index (χ2v) is 5.13. The van der Waals surface area contributed by atoms with Crippen molar-refractivity contribution in [2.75, 3.05) is 24.3 Å². The molecule has 2 rings (SSSR count). The Bertz CT molecular complexity index is 627. The lowest BCUT2D eigenvalue weighted by Crippen LogP contribution is -2.22. The van der Waals surface area contributed by atoms with E-state index in [4.69, 9.17) is 27.9 Å². The van der Waals surface area contributed by atoms with E-state index in [0.717, 1.165) is 0 Å². The number of nitrogens with one attached hydrogen (secondary N) is 2. The van der Waals surface area contributed by atoms with Crippen molar-refractivity contribution in [3.8, 4) is 5.75 Å². The van der Waals surface area contributed by atoms with Gasteiger partial charge in [0.25, 0.3) is 0 Å². The number of ether oxygens (including phenoxy) is 1. The van der Waals surface area contributed by atoms with Gasteiger partial charge < -0.3 is 15.4 Å². The molecular formula is C15H14Cl2N2O2. The molecular weight excluding hydrogens is 311 g/mol. The number of hydrogen-bond acceptors (Lipinski definition) is 3. The molecule has 0 aliphatic heterocycles. The van der Waals surface area contributed by atoms with Gasteiger partial charge in [0.2, 0.25) is 5.91 Å². The smallest absolute Gasteiger partial charge is 0.243 e. The summed E-state index contributed by atoms with van der Waals surface area (Å²) < 4.78 is 5.17. The zero-order valence-electron chi connectivity index (χ0n) is 11.3. The minimum Gasteiger partial charge on any atom is -0.495 e. The van der Waals surface area contributed by atoms with Crippen molar-refractivity contribution in [3.05, 3.63) is 52.5 Å². The second-order valence-electron chi connectivity index (χ2n) is 4.26. The zero-order chi connectivity index (χ0) is 15.2. The molecule has 0 heterocycles. The molecule has 1 amide bonds. The molecule has 0 aromatic heterocycles. The highest BCUT2D eigenvalue weighted by Crippen LogP contribution is 2.24. The maximum atomic E-state index is 11.9. The van der Waals surface area contributed by atoms with E-state index in [0.29, 0.717) is 27.2 Å². The third-order valence-electron chi connectivity index (χ3n) is 2.70. The molecule has 0 saturated heterocycles. The normalized spacial score (nSPS) is 10.0. The van der Waals surface area contributed by atoms with E-state index in [-0.39, 0.29) is 12.5 Å². The first-order valence-corrected chi connectivity index (χ1v) is 6.97. The minimum atomic E-state index is -0.199. The molecule has 0 unspecified atom stereocenters. The average molecular weight is 325 g/mol. The van der Waals surface area contributed by atoms with Crippen LogP contribution in [0.5, 0.6) is 5.75 Å². The Morgan fingerprint density at radius 2 is 1.81 bits per heavy atom. The Morgan fingerprint density at radius 1 is 1.14 bits per heavy atom. The maximum absolute atomic E-state index is 11.9. The van der Waals surface area contributed by atoms with Crippen LogP contribution in [0.15, 0.2) is 42.5 Å². The van der Waals surface area contributed by atoms with Gasteiger partial charge in [-0.2, -0.15) is 0 Å². The number of halogens is 2. The van der Waals surface area contributed by atoms with Crippen molar-refractivity contribution >= 4 is 40.5 Å². The van der Waals surface area contributed by atoms with Crippen molar-refractivity contribution in [3.63, 3.8) is 0 Å². The van der Waals surface area contributed by atoms with Gasteiger partial charge in [-0.15, -0.1) is 0 Å². The van der Waals surface area contributed by atoms with E-state index in [9.17, 15) is 4.79 Å². The van der Waals surface area contributed by atoms with E-state index < -0.39 is 0 Å². The van der Waals surface area contributed by atoms with Gasteiger partial charge in [-0.25, -0.2) is 0 Å². The average Bonchev–Trinajstić information content (AvgIpc) is 2.45. The summed E-state index contributed by atoms with van der Waals surface area (Å²) in [6, 6.07) is 12.2. The van der Waals surface area contributed by atoms with Gasteiger partial charge in [-0.05, 0) is 30.3 Å². The zero-order valence-corrected chi connectivity index (χ0v) is 12.8. The van der Waals surface area contributed by atoms with Crippen LogP contribution < -0.4 is 15.4 Å². The van der Waals surface area contributed by atoms with Crippen molar-refractivity contribution in [1.29, 1.82) is 0 Å². The summed E-state index contributed by atoms with van der Waals surface area (Å²) in [7, 11) is 1.55. The van der Waals surface area contributed by atoms with E-state index in [1.54, 1.807) is 37.4 Å². The summed E-state index contributed by atoms with van der Waals surface area (Å²) in [6.07, 6.45) is 0. The predicted molar refractivity (Wildman–Crippen MR) is 86.6 cm³/mol. The molecule has 6 heteroatoms. The van der Waals surface area contributed by atoms with Crippen LogP contribution >= 0.6 is 23.2 Å². The Balaban J connectivity index is 1.96. The van der Waals surface area contributed by atoms with Gasteiger partial charge in [0.05, 0.1) is 19.3 Å². The molecule has 0 atom stereocenters. The number of para-hydroxylation sites is 2. The molecule has 0 saturated carbocycles. The minimum absolute atomic E-state index is 0.0920. The topological polar surface area (TPSA) is 50.4 Å². The number of anilines is 2. The molecule has 2 N–H and O–H groups in total. The Hall–Kier alpha value is -1.91. The van der Waals surface area contributed by atoms with Gasteiger partial charge >= 0.3 is 0 Å². The molecule has 110 valence electrons. The van der Waals surface area contributed by atoms with Gasteiger partial charge in [0, 0.05) is 15.7 Å². The number of hydrogen-bond donors (Lipinski definition) is 2. The quantitative estimate of drug-likeness (QED) is 0.872. The molecule has 0 bridgehead atoms. The summed E-state index contributed by atoms with van der Waals surface area (Å²) >= 11 is 11.8. The highest BCUT2D eigenvalue weighted by Gasteiger charge is 2.07. The number of methoxy groups -OCH3 is 1. The molecule has 0 aliphatic carbocycles. The Kier molecular flexibility index (Phi) is 5.31. The van der Waals surface area contributed by atoms with Crippen LogP contribution in [0.4, 0.5) is 11.4 Å². The summed E-state index contributed by atoms with van der Waals surface area (Å²) in [4.78, 5) is 11.9. The van der Waals surface area contributed by atoms with Crippen molar-refractivity contribution < 1.29 is 9.53 Å². The highest BCUT2D eigenvalue weighted by molar-refractivity contribution is 6.35. The van der Waals surface area contributed by atoms with Crippen LogP contribution in [0.2, 0.25) is 10.0 Å². The van der Waals surface area contributed by atoms with Crippen molar-refractivity contribution in [2.24, 2.45) is 0 Å². The van der Waals surface area contributed by atoms with Crippen molar-refractivity contribution in [1.82, 2.24) is 0 Å². The first-order chi connectivity index (χ1) is 10.1. The molecule has 0 spiro atoms. The highest BCUT2D eigenvalue weighted by atomic mass is 35.5. The van der Waals surface area contributed by atoms with E-state index in [2.05, 4.69) is 10.6 Å². The third-order valence-corrected chi connectivity index (χ3v) is 3.13. The molecule has 0 aliphatic rings. The summed E-state index contributed by atoms with van der Waals surface area (Å²) in [6.45, 7) is 0.0920. The lowest BCUT2D eigenvalue weighted by Gasteiger charge is -2.11. The lowest BCUT2D eigenvalue weighted by molar-refractivity contribution is -0.114. The summed E-state index contributed by atoms with van der Waals surface area (Å²) in [5.74, 6) is 0.409. The monoisotopic (exact) mass is 324 g/mol. The number of carbonyl (C=O) groups excluding carboxylic acids is 1. The molecule has 2 aromatic carbocycles. The van der Waals surface area contributed by atoms with E-state index >= 15 is 0 Å². The van der Waals surface area contributed by atoms with Crippen LogP contribution in [0, 0.1) is 0 Å². The summed E-state index contributed by atoms with van der Waals surface area (Å²) in [5, 5.41) is 6.75. The third kappa shape index (κ3) is 4.55. The number of rotatable bonds is 5. The van der Waals surface area contributed by atoms with Crippen LogP contribution in [-0.4, -0.2) is 19.6 Å². The number of amides is 1. The van der Waals surface area contributed by atoms with Crippen LogP contribution in [0.3, 0.4) is 0 Å². The van der Waals surface area contributed by atoms with Crippen molar-refractivity contribution in [2.45, 2.75) is 0 Å². The second kappa shape index (κ2) is 7.20.